The van der Waals surface area contributed by atoms with E-state index in [9.17, 15) is 0 Å². The summed E-state index contributed by atoms with van der Waals surface area (Å²) in [6.07, 6.45) is 9.85. The molecule has 0 amide bonds. The fourth-order valence-electron chi connectivity index (χ4n) is 3.98. The van der Waals surface area contributed by atoms with Gasteiger partial charge in [0.25, 0.3) is 0 Å². The Balaban J connectivity index is 1.56. The van der Waals surface area contributed by atoms with Crippen molar-refractivity contribution in [3.05, 3.63) is 109 Å². The molecule has 4 aromatic rings. The molecule has 0 heterocycles. The number of benzene rings is 4. The number of fused-ring (bicyclic) bond motifs is 3. The van der Waals surface area contributed by atoms with Crippen LogP contribution in [0.4, 0.5) is 11.4 Å². The lowest BCUT2D eigenvalue weighted by molar-refractivity contribution is 0.856. The molecule has 0 bridgehead atoms. The zero-order valence-electron chi connectivity index (χ0n) is 15.1. The minimum absolute atomic E-state index is 0.431. The summed E-state index contributed by atoms with van der Waals surface area (Å²) in [6.45, 7) is 0. The van der Waals surface area contributed by atoms with Gasteiger partial charge in [-0.2, -0.15) is 0 Å². The van der Waals surface area contributed by atoms with E-state index >= 15 is 0 Å². The van der Waals surface area contributed by atoms with Crippen LogP contribution in [0.1, 0.15) is 17.9 Å². The average Bonchev–Trinajstić information content (AvgIpc) is 2.75. The molecule has 4 aromatic carbocycles. The van der Waals surface area contributed by atoms with E-state index in [4.69, 9.17) is 0 Å². The van der Waals surface area contributed by atoms with Crippen molar-refractivity contribution in [2.45, 2.75) is 12.3 Å². The number of hydrogen-bond acceptors (Lipinski definition) is 1. The molecule has 0 aromatic heterocycles. The van der Waals surface area contributed by atoms with E-state index in [-0.39, 0.29) is 0 Å². The topological polar surface area (TPSA) is 12.0 Å². The van der Waals surface area contributed by atoms with Crippen LogP contribution in [0.3, 0.4) is 0 Å². The molecule has 0 spiro atoms. The van der Waals surface area contributed by atoms with Gasteiger partial charge in [0.2, 0.25) is 0 Å². The van der Waals surface area contributed by atoms with Crippen molar-refractivity contribution in [3.63, 3.8) is 0 Å². The van der Waals surface area contributed by atoms with Crippen LogP contribution in [0.2, 0.25) is 0 Å². The van der Waals surface area contributed by atoms with Crippen molar-refractivity contribution in [1.82, 2.24) is 0 Å². The van der Waals surface area contributed by atoms with Gasteiger partial charge in [0.1, 0.15) is 0 Å². The maximum absolute atomic E-state index is 3.67. The first kappa shape index (κ1) is 15.9. The molecule has 1 aliphatic rings. The van der Waals surface area contributed by atoms with Crippen molar-refractivity contribution < 1.29 is 0 Å². The third-order valence-electron chi connectivity index (χ3n) is 5.37. The fraction of sp³-hybridized carbons (Fsp3) is 0.0769. The quantitative estimate of drug-likeness (QED) is 0.382. The number of para-hydroxylation sites is 1. The molecular weight excluding hydrogens is 326 g/mol. The van der Waals surface area contributed by atoms with Gasteiger partial charge in [-0.05, 0) is 51.7 Å². The van der Waals surface area contributed by atoms with Gasteiger partial charge in [-0.25, -0.2) is 0 Å². The summed E-state index contributed by atoms with van der Waals surface area (Å²) < 4.78 is 0. The Labute approximate surface area is 159 Å². The fourth-order valence-corrected chi connectivity index (χ4v) is 3.98. The van der Waals surface area contributed by atoms with Crippen LogP contribution in [0.15, 0.2) is 103 Å². The highest BCUT2D eigenvalue weighted by Gasteiger charge is 2.13. The zero-order chi connectivity index (χ0) is 18.1. The van der Waals surface area contributed by atoms with Gasteiger partial charge < -0.3 is 5.32 Å². The largest absolute Gasteiger partial charge is 0.355 e. The van der Waals surface area contributed by atoms with Crippen LogP contribution >= 0.6 is 0 Å². The Morgan fingerprint density at radius 2 is 1.48 bits per heavy atom. The van der Waals surface area contributed by atoms with E-state index in [1.807, 2.05) is 0 Å². The maximum Gasteiger partial charge on any atom is 0.0422 e. The van der Waals surface area contributed by atoms with E-state index < -0.39 is 0 Å². The molecule has 1 N–H and O–H groups in total. The second-order valence-electron chi connectivity index (χ2n) is 7.09. The standard InChI is InChI=1S/C26H21N/c1-2-8-19(9-3-1)24-12-6-7-13-26(24)27-22-17-16-21-15-14-20-10-4-5-11-23(20)25(21)18-22/h1-8,10-19,27H,9H2. The molecule has 5 rings (SSSR count). The Morgan fingerprint density at radius 3 is 2.37 bits per heavy atom. The lowest BCUT2D eigenvalue weighted by Crippen LogP contribution is -2.01. The number of nitrogens with one attached hydrogen (secondary N) is 1. The third kappa shape index (κ3) is 3.02. The smallest absolute Gasteiger partial charge is 0.0422 e. The first-order valence-electron chi connectivity index (χ1n) is 9.49. The lowest BCUT2D eigenvalue weighted by Gasteiger charge is -2.19. The summed E-state index contributed by atoms with van der Waals surface area (Å²) in [7, 11) is 0. The summed E-state index contributed by atoms with van der Waals surface area (Å²) in [5.41, 5.74) is 3.65. The van der Waals surface area contributed by atoms with Crippen LogP contribution in [0.25, 0.3) is 21.5 Å². The normalized spacial score (nSPS) is 16.1. The highest BCUT2D eigenvalue weighted by atomic mass is 14.9. The molecule has 1 heteroatoms. The van der Waals surface area contributed by atoms with Gasteiger partial charge in [0.05, 0.1) is 0 Å². The molecule has 0 fully saturated rings. The predicted octanol–water partition coefficient (Wildman–Crippen LogP) is 7.34. The molecule has 1 nitrogen and oxygen atoms in total. The predicted molar refractivity (Wildman–Crippen MR) is 117 cm³/mol. The number of hydrogen-bond donors (Lipinski definition) is 1. The van der Waals surface area contributed by atoms with E-state index in [1.54, 1.807) is 0 Å². The first-order valence-corrected chi connectivity index (χ1v) is 9.49. The Hall–Kier alpha value is -3.32. The molecular formula is C26H21N. The SMILES string of the molecule is C1=CCC(c2ccccc2Nc2ccc3ccc4ccccc4c3c2)C=C1. The molecule has 1 atom stereocenters. The lowest BCUT2D eigenvalue weighted by atomic mass is 9.91. The van der Waals surface area contributed by atoms with Crippen LogP contribution < -0.4 is 5.32 Å². The monoisotopic (exact) mass is 347 g/mol. The van der Waals surface area contributed by atoms with Crippen molar-refractivity contribution in [3.8, 4) is 0 Å². The molecule has 0 saturated carbocycles. The Kier molecular flexibility index (Phi) is 3.99. The summed E-state index contributed by atoms with van der Waals surface area (Å²) in [5.74, 6) is 0.431. The molecule has 27 heavy (non-hydrogen) atoms. The minimum atomic E-state index is 0.431. The van der Waals surface area contributed by atoms with Crippen LogP contribution in [-0.4, -0.2) is 0 Å². The number of allylic oxidation sites excluding steroid dienone is 4. The van der Waals surface area contributed by atoms with Crippen molar-refractivity contribution in [2.75, 3.05) is 5.32 Å². The Morgan fingerprint density at radius 1 is 0.704 bits per heavy atom. The highest BCUT2D eigenvalue weighted by molar-refractivity contribution is 6.08. The van der Waals surface area contributed by atoms with E-state index in [0.29, 0.717) is 5.92 Å². The number of anilines is 2. The van der Waals surface area contributed by atoms with Crippen LogP contribution in [-0.2, 0) is 0 Å². The van der Waals surface area contributed by atoms with Gasteiger partial charge in [-0.15, -0.1) is 0 Å². The molecule has 130 valence electrons. The molecule has 0 radical (unpaired) electrons. The van der Waals surface area contributed by atoms with Crippen molar-refractivity contribution >= 4 is 32.9 Å². The summed E-state index contributed by atoms with van der Waals surface area (Å²) in [5, 5.41) is 8.81. The van der Waals surface area contributed by atoms with E-state index in [0.717, 1.165) is 12.1 Å². The minimum Gasteiger partial charge on any atom is -0.355 e. The van der Waals surface area contributed by atoms with Gasteiger partial charge in [-0.3, -0.25) is 0 Å². The van der Waals surface area contributed by atoms with Crippen LogP contribution in [0.5, 0.6) is 0 Å². The van der Waals surface area contributed by atoms with Crippen molar-refractivity contribution in [1.29, 1.82) is 0 Å². The van der Waals surface area contributed by atoms with Crippen LogP contribution in [0, 0.1) is 0 Å². The second kappa shape index (κ2) is 6.77. The molecule has 1 aliphatic carbocycles. The van der Waals surface area contributed by atoms with Crippen molar-refractivity contribution in [2.24, 2.45) is 0 Å². The molecule has 0 saturated heterocycles. The summed E-state index contributed by atoms with van der Waals surface area (Å²) in [4.78, 5) is 0. The maximum atomic E-state index is 3.67. The van der Waals surface area contributed by atoms with Gasteiger partial charge >= 0.3 is 0 Å². The summed E-state index contributed by atoms with van der Waals surface area (Å²) in [6, 6.07) is 28.3. The highest BCUT2D eigenvalue weighted by Crippen LogP contribution is 2.34. The van der Waals surface area contributed by atoms with Gasteiger partial charge in [0.15, 0.2) is 0 Å². The summed E-state index contributed by atoms with van der Waals surface area (Å²) >= 11 is 0. The van der Waals surface area contributed by atoms with Gasteiger partial charge in [-0.1, -0.05) is 85.0 Å². The molecule has 0 aliphatic heterocycles. The Bertz CT molecular complexity index is 1180. The third-order valence-corrected chi connectivity index (χ3v) is 5.37. The average molecular weight is 347 g/mol. The second-order valence-corrected chi connectivity index (χ2v) is 7.09. The number of rotatable bonds is 3. The first-order chi connectivity index (χ1) is 13.4. The van der Waals surface area contributed by atoms with E-state index in [2.05, 4.69) is 108 Å². The zero-order valence-corrected chi connectivity index (χ0v) is 15.1. The molecule has 1 unspecified atom stereocenters. The van der Waals surface area contributed by atoms with E-state index in [1.165, 1.54) is 32.8 Å². The van der Waals surface area contributed by atoms with Gasteiger partial charge in [0, 0.05) is 17.3 Å².